The molecule has 0 aromatic carbocycles. The van der Waals surface area contributed by atoms with Gasteiger partial charge in [-0.15, -0.1) is 0 Å². The predicted octanol–water partition coefficient (Wildman–Crippen LogP) is 0.181. The quantitative estimate of drug-likeness (QED) is 0.745. The fraction of sp³-hybridized carbons (Fsp3) is 0.929. The van der Waals surface area contributed by atoms with Crippen LogP contribution in [0.3, 0.4) is 0 Å². The minimum Gasteiger partial charge on any atom is -0.465 e. The van der Waals surface area contributed by atoms with E-state index >= 15 is 0 Å². The van der Waals surface area contributed by atoms with Gasteiger partial charge in [-0.1, -0.05) is 0 Å². The molecule has 1 heterocycles. The molecule has 2 atom stereocenters. The minimum absolute atomic E-state index is 0.179. The van der Waals surface area contributed by atoms with Gasteiger partial charge in [-0.2, -0.15) is 0 Å². The standard InChI is InChI=1S/C14H26N2O4S/c1-3-20-13(17)14(15-2)6-4-5-12(11-14)16-7-9-21(18,19)10-8-16/h12,15H,3-11H2,1-2H3. The van der Waals surface area contributed by atoms with Crippen LogP contribution in [0.2, 0.25) is 0 Å². The lowest BCUT2D eigenvalue weighted by atomic mass is 9.78. The number of hydrogen-bond donors (Lipinski definition) is 1. The molecule has 7 heteroatoms. The van der Waals surface area contributed by atoms with Crippen molar-refractivity contribution >= 4 is 15.8 Å². The number of carbonyl (C=O) groups is 1. The molecule has 0 aromatic rings. The first-order valence-corrected chi connectivity index (χ1v) is 9.55. The van der Waals surface area contributed by atoms with E-state index in [9.17, 15) is 13.2 Å². The number of esters is 1. The largest absolute Gasteiger partial charge is 0.465 e. The lowest BCUT2D eigenvalue weighted by Crippen LogP contribution is -2.59. The highest BCUT2D eigenvalue weighted by molar-refractivity contribution is 7.91. The van der Waals surface area contributed by atoms with Gasteiger partial charge < -0.3 is 10.1 Å². The van der Waals surface area contributed by atoms with E-state index in [-0.39, 0.29) is 23.5 Å². The Kier molecular flexibility index (Phi) is 5.27. The molecule has 0 spiro atoms. The van der Waals surface area contributed by atoms with Gasteiger partial charge in [0.2, 0.25) is 0 Å². The van der Waals surface area contributed by atoms with Gasteiger partial charge in [-0.3, -0.25) is 9.69 Å². The van der Waals surface area contributed by atoms with Crippen molar-refractivity contribution in [1.82, 2.24) is 10.2 Å². The molecule has 2 fully saturated rings. The molecular formula is C14H26N2O4S. The number of sulfone groups is 1. The van der Waals surface area contributed by atoms with E-state index in [0.29, 0.717) is 26.1 Å². The second-order valence-electron chi connectivity index (χ2n) is 5.99. The predicted molar refractivity (Wildman–Crippen MR) is 80.9 cm³/mol. The van der Waals surface area contributed by atoms with Crippen molar-refractivity contribution in [2.24, 2.45) is 0 Å². The Bertz CT molecular complexity index is 465. The molecule has 1 saturated heterocycles. The number of nitrogens with zero attached hydrogens (tertiary/aromatic N) is 1. The second kappa shape index (κ2) is 6.62. The Morgan fingerprint density at radius 3 is 2.62 bits per heavy atom. The van der Waals surface area contributed by atoms with E-state index < -0.39 is 15.4 Å². The molecule has 0 aromatic heterocycles. The molecule has 1 saturated carbocycles. The molecule has 21 heavy (non-hydrogen) atoms. The zero-order valence-corrected chi connectivity index (χ0v) is 13.7. The Morgan fingerprint density at radius 2 is 2.05 bits per heavy atom. The van der Waals surface area contributed by atoms with Gasteiger partial charge in [0.1, 0.15) is 5.54 Å². The molecular weight excluding hydrogens is 292 g/mol. The molecule has 0 radical (unpaired) electrons. The summed E-state index contributed by atoms with van der Waals surface area (Å²) in [5, 5.41) is 3.17. The van der Waals surface area contributed by atoms with Gasteiger partial charge in [0.05, 0.1) is 18.1 Å². The van der Waals surface area contributed by atoms with Crippen molar-refractivity contribution in [2.75, 3.05) is 38.2 Å². The average Bonchev–Trinajstić information content (AvgIpc) is 2.47. The number of carbonyl (C=O) groups excluding carboxylic acids is 1. The second-order valence-corrected chi connectivity index (χ2v) is 8.29. The fourth-order valence-electron chi connectivity index (χ4n) is 3.43. The van der Waals surface area contributed by atoms with Crippen LogP contribution in [-0.2, 0) is 19.4 Å². The zero-order valence-electron chi connectivity index (χ0n) is 12.9. The Balaban J connectivity index is 2.04. The fourth-order valence-corrected chi connectivity index (χ4v) is 4.66. The summed E-state index contributed by atoms with van der Waals surface area (Å²) in [4.78, 5) is 14.5. The van der Waals surface area contributed by atoms with Gasteiger partial charge in [-0.05, 0) is 39.7 Å². The molecule has 0 bridgehead atoms. The Morgan fingerprint density at radius 1 is 1.38 bits per heavy atom. The van der Waals surface area contributed by atoms with Crippen LogP contribution in [0.25, 0.3) is 0 Å². The third-order valence-electron chi connectivity index (χ3n) is 4.77. The van der Waals surface area contributed by atoms with E-state index in [1.165, 1.54) is 0 Å². The van der Waals surface area contributed by atoms with Crippen molar-refractivity contribution in [3.8, 4) is 0 Å². The SMILES string of the molecule is CCOC(=O)C1(NC)CCCC(N2CCS(=O)(=O)CC2)C1. The maximum atomic E-state index is 12.3. The van der Waals surface area contributed by atoms with Crippen molar-refractivity contribution in [3.05, 3.63) is 0 Å². The van der Waals surface area contributed by atoms with Crippen molar-refractivity contribution in [2.45, 2.75) is 44.2 Å². The lowest BCUT2D eigenvalue weighted by Gasteiger charge is -2.44. The van der Waals surface area contributed by atoms with Crippen LogP contribution in [0.5, 0.6) is 0 Å². The molecule has 1 N–H and O–H groups in total. The maximum Gasteiger partial charge on any atom is 0.326 e. The van der Waals surface area contributed by atoms with Crippen LogP contribution < -0.4 is 5.32 Å². The van der Waals surface area contributed by atoms with Gasteiger partial charge in [0.25, 0.3) is 0 Å². The van der Waals surface area contributed by atoms with Gasteiger partial charge in [-0.25, -0.2) is 8.42 Å². The summed E-state index contributed by atoms with van der Waals surface area (Å²) < 4.78 is 28.3. The van der Waals surface area contributed by atoms with Crippen LogP contribution in [0, 0.1) is 0 Å². The summed E-state index contributed by atoms with van der Waals surface area (Å²) in [7, 11) is -1.06. The summed E-state index contributed by atoms with van der Waals surface area (Å²) in [6.07, 6.45) is 3.45. The van der Waals surface area contributed by atoms with Crippen LogP contribution in [0.15, 0.2) is 0 Å². The van der Waals surface area contributed by atoms with E-state index in [1.807, 2.05) is 6.92 Å². The highest BCUT2D eigenvalue weighted by Gasteiger charge is 2.44. The third kappa shape index (κ3) is 3.76. The highest BCUT2D eigenvalue weighted by atomic mass is 32.2. The van der Waals surface area contributed by atoms with Gasteiger partial charge in [0.15, 0.2) is 9.84 Å². The summed E-state index contributed by atoms with van der Waals surface area (Å²) in [6.45, 7) is 3.36. The summed E-state index contributed by atoms with van der Waals surface area (Å²) >= 11 is 0. The molecule has 2 unspecified atom stereocenters. The molecule has 0 amide bonds. The zero-order chi connectivity index (χ0) is 15.5. The van der Waals surface area contributed by atoms with E-state index in [2.05, 4.69) is 10.2 Å². The molecule has 6 nitrogen and oxygen atoms in total. The van der Waals surface area contributed by atoms with Crippen molar-refractivity contribution < 1.29 is 17.9 Å². The first-order valence-electron chi connectivity index (χ1n) is 7.73. The number of nitrogens with one attached hydrogen (secondary N) is 1. The average molecular weight is 318 g/mol. The first-order chi connectivity index (χ1) is 9.92. The molecule has 1 aliphatic carbocycles. The maximum absolute atomic E-state index is 12.3. The molecule has 1 aliphatic heterocycles. The molecule has 2 rings (SSSR count). The smallest absolute Gasteiger partial charge is 0.326 e. The minimum atomic E-state index is -2.86. The van der Waals surface area contributed by atoms with Crippen LogP contribution in [0.4, 0.5) is 0 Å². The number of rotatable bonds is 4. The molecule has 2 aliphatic rings. The number of hydrogen-bond acceptors (Lipinski definition) is 6. The monoisotopic (exact) mass is 318 g/mol. The van der Waals surface area contributed by atoms with E-state index in [4.69, 9.17) is 4.74 Å². The Labute approximate surface area is 127 Å². The molecule has 122 valence electrons. The lowest BCUT2D eigenvalue weighted by molar-refractivity contribution is -0.153. The van der Waals surface area contributed by atoms with Crippen LogP contribution in [0.1, 0.15) is 32.6 Å². The van der Waals surface area contributed by atoms with E-state index in [0.717, 1.165) is 19.3 Å². The highest BCUT2D eigenvalue weighted by Crippen LogP contribution is 2.32. The first kappa shape index (κ1) is 16.7. The third-order valence-corrected chi connectivity index (χ3v) is 6.37. The summed E-state index contributed by atoms with van der Waals surface area (Å²) in [5.74, 6) is 0.284. The van der Waals surface area contributed by atoms with Gasteiger partial charge in [0, 0.05) is 19.1 Å². The number of ether oxygens (including phenoxy) is 1. The normalized spacial score (nSPS) is 33.5. The van der Waals surface area contributed by atoms with Crippen molar-refractivity contribution in [3.63, 3.8) is 0 Å². The van der Waals surface area contributed by atoms with Crippen molar-refractivity contribution in [1.29, 1.82) is 0 Å². The number of likely N-dealkylation sites (N-methyl/N-ethyl adjacent to an activating group) is 1. The summed E-state index contributed by atoms with van der Waals surface area (Å²) in [5.41, 5.74) is -0.616. The van der Waals surface area contributed by atoms with Gasteiger partial charge >= 0.3 is 5.97 Å². The Hall–Kier alpha value is -0.660. The van der Waals surface area contributed by atoms with Crippen LogP contribution >= 0.6 is 0 Å². The van der Waals surface area contributed by atoms with Crippen LogP contribution in [-0.4, -0.2) is 69.1 Å². The summed E-state index contributed by atoms with van der Waals surface area (Å²) in [6, 6.07) is 0.256. The topological polar surface area (TPSA) is 75.7 Å². The van der Waals surface area contributed by atoms with E-state index in [1.54, 1.807) is 7.05 Å².